The molecule has 2 aliphatic heterocycles. The Morgan fingerprint density at radius 1 is 1.33 bits per heavy atom. The summed E-state index contributed by atoms with van der Waals surface area (Å²) in [5, 5.41) is 6.81. The maximum absolute atomic E-state index is 13.1. The SMILES string of the molecule is COc1c(Cl)cccc1Nc1c(-c2ccncc2C#C[C@H]2N(C(=O)/C=C/CN(C)C)CC2(C)C)[nH]c2c1C(=O)NCC2. The van der Waals surface area contributed by atoms with Crippen LogP contribution in [0.2, 0.25) is 5.02 Å². The quantitative estimate of drug-likeness (QED) is 0.279. The van der Waals surface area contributed by atoms with Crippen molar-refractivity contribution in [3.05, 3.63) is 70.7 Å². The zero-order valence-corrected chi connectivity index (χ0v) is 25.2. The van der Waals surface area contributed by atoms with Crippen LogP contribution in [0.4, 0.5) is 11.4 Å². The highest BCUT2D eigenvalue weighted by Gasteiger charge is 2.46. The number of para-hydroxylation sites is 1. The number of carbonyl (C=O) groups is 2. The molecule has 0 aliphatic carbocycles. The van der Waals surface area contributed by atoms with Gasteiger partial charge in [0.1, 0.15) is 6.04 Å². The van der Waals surface area contributed by atoms with Gasteiger partial charge in [-0.15, -0.1) is 0 Å². The minimum Gasteiger partial charge on any atom is -0.493 e. The topological polar surface area (TPSA) is 103 Å². The van der Waals surface area contributed by atoms with Gasteiger partial charge >= 0.3 is 0 Å². The van der Waals surface area contributed by atoms with Crippen LogP contribution >= 0.6 is 11.6 Å². The molecule has 42 heavy (non-hydrogen) atoms. The van der Waals surface area contributed by atoms with Crippen molar-refractivity contribution in [2.24, 2.45) is 5.41 Å². The number of benzene rings is 1. The predicted octanol–water partition coefficient (Wildman–Crippen LogP) is 4.47. The van der Waals surface area contributed by atoms with Crippen LogP contribution in [0, 0.1) is 17.3 Å². The number of carbonyl (C=O) groups excluding carboxylic acids is 2. The second-order valence-electron chi connectivity index (χ2n) is 11.4. The summed E-state index contributed by atoms with van der Waals surface area (Å²) in [6, 6.07) is 7.03. The normalized spacial score (nSPS) is 17.3. The first-order chi connectivity index (χ1) is 20.1. The highest BCUT2D eigenvalue weighted by atomic mass is 35.5. The molecule has 5 rings (SSSR count). The van der Waals surface area contributed by atoms with Crippen molar-refractivity contribution in [2.75, 3.05) is 46.2 Å². The first-order valence-corrected chi connectivity index (χ1v) is 14.2. The molecule has 2 amide bonds. The Bertz CT molecular complexity index is 1610. The summed E-state index contributed by atoms with van der Waals surface area (Å²) in [5.74, 6) is 6.92. The van der Waals surface area contributed by atoms with Crippen LogP contribution in [-0.4, -0.2) is 78.5 Å². The predicted molar refractivity (Wildman–Crippen MR) is 165 cm³/mol. The molecule has 1 atom stereocenters. The fourth-order valence-corrected chi connectivity index (χ4v) is 5.63. The van der Waals surface area contributed by atoms with Crippen LogP contribution in [0.3, 0.4) is 0 Å². The van der Waals surface area contributed by atoms with E-state index in [0.717, 1.165) is 11.3 Å². The average molecular weight is 587 g/mol. The maximum Gasteiger partial charge on any atom is 0.255 e. The number of halogens is 1. The van der Waals surface area contributed by atoms with Gasteiger partial charge < -0.3 is 30.2 Å². The second-order valence-corrected chi connectivity index (χ2v) is 11.8. The largest absolute Gasteiger partial charge is 0.493 e. The lowest BCUT2D eigenvalue weighted by molar-refractivity contribution is -0.140. The summed E-state index contributed by atoms with van der Waals surface area (Å²) in [6.45, 7) is 6.08. The summed E-state index contributed by atoms with van der Waals surface area (Å²) in [4.78, 5) is 37.6. The zero-order chi connectivity index (χ0) is 30.0. The van der Waals surface area contributed by atoms with Gasteiger partial charge in [0.05, 0.1) is 40.3 Å². The first-order valence-electron chi connectivity index (χ1n) is 13.8. The summed E-state index contributed by atoms with van der Waals surface area (Å²) >= 11 is 6.40. The van der Waals surface area contributed by atoms with E-state index in [2.05, 4.69) is 46.3 Å². The molecule has 1 fully saturated rings. The first kappa shape index (κ1) is 29.2. The van der Waals surface area contributed by atoms with E-state index >= 15 is 0 Å². The van der Waals surface area contributed by atoms with Crippen LogP contribution in [0.25, 0.3) is 11.3 Å². The van der Waals surface area contributed by atoms with Gasteiger partial charge in [-0.3, -0.25) is 14.6 Å². The molecular formula is C32H35ClN6O3. The molecule has 0 spiro atoms. The van der Waals surface area contributed by atoms with E-state index < -0.39 is 0 Å². The summed E-state index contributed by atoms with van der Waals surface area (Å²) < 4.78 is 5.56. The van der Waals surface area contributed by atoms with Crippen molar-refractivity contribution in [1.82, 2.24) is 25.1 Å². The Morgan fingerprint density at radius 3 is 2.88 bits per heavy atom. The van der Waals surface area contributed by atoms with Crippen molar-refractivity contribution in [3.8, 4) is 28.8 Å². The lowest BCUT2D eigenvalue weighted by Gasteiger charge is -2.51. The smallest absolute Gasteiger partial charge is 0.255 e. The lowest BCUT2D eigenvalue weighted by atomic mass is 9.75. The van der Waals surface area contributed by atoms with Gasteiger partial charge in [0.15, 0.2) is 5.75 Å². The van der Waals surface area contributed by atoms with Crippen molar-refractivity contribution < 1.29 is 14.3 Å². The third kappa shape index (κ3) is 5.73. The number of likely N-dealkylation sites (tertiary alicyclic amines) is 1. The summed E-state index contributed by atoms with van der Waals surface area (Å²) in [6.07, 6.45) is 7.55. The number of anilines is 2. The number of nitrogens with zero attached hydrogens (tertiary/aromatic N) is 3. The zero-order valence-electron chi connectivity index (χ0n) is 24.5. The number of pyridine rings is 1. The molecule has 9 nitrogen and oxygen atoms in total. The maximum atomic E-state index is 13.1. The van der Waals surface area contributed by atoms with Gasteiger partial charge in [0.25, 0.3) is 5.91 Å². The summed E-state index contributed by atoms with van der Waals surface area (Å²) in [7, 11) is 5.47. The number of aromatic nitrogens is 2. The van der Waals surface area contributed by atoms with Crippen LogP contribution in [0.1, 0.15) is 35.5 Å². The van der Waals surface area contributed by atoms with E-state index in [0.29, 0.717) is 65.0 Å². The van der Waals surface area contributed by atoms with Gasteiger partial charge in [0, 0.05) is 61.2 Å². The highest BCUT2D eigenvalue weighted by molar-refractivity contribution is 6.32. The standard InChI is InChI=1S/C32H35ClN6O3/c1-32(2)19-39(26(40)10-7-17-38(3)4)25(32)12-11-20-18-34-15-13-21(20)28-29(27-23(36-28)14-16-35-31(27)41)37-24-9-6-8-22(33)30(24)42-5/h6-10,13,15,18,25,36-37H,14,16-17,19H2,1-5H3,(H,35,41)/b10-7+/t25-/m1/s1. The van der Waals surface area contributed by atoms with Crippen molar-refractivity contribution in [1.29, 1.82) is 0 Å². The van der Waals surface area contributed by atoms with Gasteiger partial charge in [-0.05, 0) is 32.3 Å². The molecule has 3 N–H and O–H groups in total. The Hall–Kier alpha value is -4.26. The van der Waals surface area contributed by atoms with Crippen LogP contribution in [0.15, 0.2) is 48.8 Å². The Kier molecular flexibility index (Phi) is 8.30. The molecule has 10 heteroatoms. The second kappa shape index (κ2) is 11.9. The number of ether oxygens (including phenoxy) is 1. The van der Waals surface area contributed by atoms with Gasteiger partial charge in [-0.1, -0.05) is 49.4 Å². The van der Waals surface area contributed by atoms with E-state index in [1.165, 1.54) is 0 Å². The van der Waals surface area contributed by atoms with E-state index in [1.54, 1.807) is 36.5 Å². The molecule has 0 saturated carbocycles. The molecule has 2 aromatic heterocycles. The number of hydrogen-bond donors (Lipinski definition) is 3. The Labute approximate surface area is 251 Å². The van der Waals surface area contributed by atoms with Crippen LogP contribution in [0.5, 0.6) is 5.75 Å². The number of rotatable bonds is 7. The van der Waals surface area contributed by atoms with Gasteiger partial charge in [0.2, 0.25) is 5.91 Å². The number of hydrogen-bond acceptors (Lipinski definition) is 6. The van der Waals surface area contributed by atoms with E-state index in [1.807, 2.05) is 43.3 Å². The number of methoxy groups -OCH3 is 1. The molecule has 1 saturated heterocycles. The monoisotopic (exact) mass is 586 g/mol. The van der Waals surface area contributed by atoms with Gasteiger partial charge in [-0.25, -0.2) is 0 Å². The Morgan fingerprint density at radius 2 is 2.14 bits per heavy atom. The van der Waals surface area contributed by atoms with Crippen molar-refractivity contribution in [3.63, 3.8) is 0 Å². The minimum absolute atomic E-state index is 0.0492. The number of H-pyrrole nitrogens is 1. The molecule has 2 aliphatic rings. The average Bonchev–Trinajstić information content (AvgIpc) is 3.31. The van der Waals surface area contributed by atoms with Gasteiger partial charge in [-0.2, -0.15) is 0 Å². The molecule has 218 valence electrons. The lowest BCUT2D eigenvalue weighted by Crippen LogP contribution is -2.62. The highest BCUT2D eigenvalue weighted by Crippen LogP contribution is 2.42. The minimum atomic E-state index is -0.252. The fraction of sp³-hybridized carbons (Fsp3) is 0.344. The van der Waals surface area contributed by atoms with Crippen LogP contribution < -0.4 is 15.4 Å². The molecule has 3 aromatic rings. The fourth-order valence-electron chi connectivity index (χ4n) is 5.38. The van der Waals surface area contributed by atoms with E-state index in [-0.39, 0.29) is 23.3 Å². The van der Waals surface area contributed by atoms with E-state index in [9.17, 15) is 9.59 Å². The number of aromatic amines is 1. The molecule has 0 unspecified atom stereocenters. The third-order valence-electron chi connectivity index (χ3n) is 7.47. The summed E-state index contributed by atoms with van der Waals surface area (Å²) in [5.41, 5.74) is 4.60. The number of nitrogens with one attached hydrogen (secondary N) is 3. The van der Waals surface area contributed by atoms with Crippen molar-refractivity contribution in [2.45, 2.75) is 26.3 Å². The van der Waals surface area contributed by atoms with E-state index in [4.69, 9.17) is 16.3 Å². The number of likely N-dealkylation sites (N-methyl/N-ethyl adjacent to an activating group) is 1. The third-order valence-corrected chi connectivity index (χ3v) is 7.77. The Balaban J connectivity index is 1.54. The number of fused-ring (bicyclic) bond motifs is 1. The molecule has 0 radical (unpaired) electrons. The molecule has 0 bridgehead atoms. The molecule has 4 heterocycles. The molecule has 1 aromatic carbocycles. The number of amides is 2. The van der Waals surface area contributed by atoms with Crippen LogP contribution in [-0.2, 0) is 11.2 Å². The molecular weight excluding hydrogens is 552 g/mol. The van der Waals surface area contributed by atoms with Crippen molar-refractivity contribution >= 4 is 34.8 Å².